The van der Waals surface area contributed by atoms with Crippen LogP contribution in [0, 0.1) is 6.92 Å². The van der Waals surface area contributed by atoms with Crippen molar-refractivity contribution in [2.24, 2.45) is 0 Å². The van der Waals surface area contributed by atoms with Crippen LogP contribution in [-0.2, 0) is 0 Å². The van der Waals surface area contributed by atoms with Crippen LogP contribution in [-0.4, -0.2) is 26.0 Å². The van der Waals surface area contributed by atoms with Gasteiger partial charge in [-0.25, -0.2) is 14.8 Å². The molecular weight excluding hydrogens is 292 g/mol. The van der Waals surface area contributed by atoms with Gasteiger partial charge in [-0.05, 0) is 37.3 Å². The minimum atomic E-state index is -0.969. The van der Waals surface area contributed by atoms with Crippen LogP contribution in [0.25, 0.3) is 11.3 Å². The van der Waals surface area contributed by atoms with Crippen molar-refractivity contribution in [3.05, 3.63) is 66.2 Å². The molecule has 0 saturated carbocycles. The van der Waals surface area contributed by atoms with E-state index in [1.807, 2.05) is 12.1 Å². The fourth-order valence-electron chi connectivity index (χ4n) is 2.17. The number of carbonyl (C=O) groups is 1. The molecule has 0 atom stereocenters. The summed E-state index contributed by atoms with van der Waals surface area (Å²) in [6, 6.07) is 12.1. The van der Waals surface area contributed by atoms with Crippen LogP contribution in [0.5, 0.6) is 0 Å². The molecular formula is C17H14N4O2. The Morgan fingerprint density at radius 1 is 1.13 bits per heavy atom. The van der Waals surface area contributed by atoms with Gasteiger partial charge in [0.1, 0.15) is 11.6 Å². The van der Waals surface area contributed by atoms with Gasteiger partial charge in [-0.3, -0.25) is 4.98 Å². The number of carboxylic acids is 1. The summed E-state index contributed by atoms with van der Waals surface area (Å²) in [6.45, 7) is 1.80. The third kappa shape index (κ3) is 3.49. The highest BCUT2D eigenvalue weighted by atomic mass is 16.4. The molecule has 0 amide bonds. The molecule has 3 rings (SSSR count). The van der Waals surface area contributed by atoms with E-state index in [1.165, 1.54) is 0 Å². The van der Waals surface area contributed by atoms with Gasteiger partial charge in [0.05, 0.1) is 11.3 Å². The maximum atomic E-state index is 11.0. The normalized spacial score (nSPS) is 10.3. The highest BCUT2D eigenvalue weighted by Crippen LogP contribution is 2.22. The lowest BCUT2D eigenvalue weighted by Crippen LogP contribution is -2.01. The first-order chi connectivity index (χ1) is 11.1. The van der Waals surface area contributed by atoms with Crippen LogP contribution < -0.4 is 5.32 Å². The van der Waals surface area contributed by atoms with Crippen LogP contribution in [0.4, 0.5) is 11.5 Å². The summed E-state index contributed by atoms with van der Waals surface area (Å²) in [5, 5.41) is 12.2. The maximum absolute atomic E-state index is 11.0. The summed E-state index contributed by atoms with van der Waals surface area (Å²) >= 11 is 0. The van der Waals surface area contributed by atoms with E-state index in [0.717, 1.165) is 11.3 Å². The number of aromatic carboxylic acids is 1. The van der Waals surface area contributed by atoms with Crippen LogP contribution in [0.15, 0.2) is 54.9 Å². The van der Waals surface area contributed by atoms with Gasteiger partial charge in [-0.2, -0.15) is 0 Å². The fraction of sp³-hybridized carbons (Fsp3) is 0.0588. The smallest absolute Gasteiger partial charge is 0.335 e. The minimum Gasteiger partial charge on any atom is -0.478 e. The zero-order chi connectivity index (χ0) is 16.2. The average Bonchev–Trinajstić information content (AvgIpc) is 2.55. The molecule has 114 valence electrons. The zero-order valence-corrected chi connectivity index (χ0v) is 12.4. The number of carboxylic acid groups (broad SMARTS) is 1. The van der Waals surface area contributed by atoms with E-state index >= 15 is 0 Å². The molecule has 23 heavy (non-hydrogen) atoms. The summed E-state index contributed by atoms with van der Waals surface area (Å²) in [5.41, 5.74) is 2.51. The van der Waals surface area contributed by atoms with Crippen molar-refractivity contribution in [3.63, 3.8) is 0 Å². The Morgan fingerprint density at radius 3 is 2.74 bits per heavy atom. The lowest BCUT2D eigenvalue weighted by molar-refractivity contribution is 0.0697. The molecule has 0 aliphatic heterocycles. The average molecular weight is 306 g/mol. The molecule has 6 heteroatoms. The number of hydrogen-bond donors (Lipinski definition) is 2. The topological polar surface area (TPSA) is 88.0 Å². The summed E-state index contributed by atoms with van der Waals surface area (Å²) in [5.74, 6) is 0.241. The fourth-order valence-corrected chi connectivity index (χ4v) is 2.17. The predicted molar refractivity (Wildman–Crippen MR) is 86.7 cm³/mol. The summed E-state index contributed by atoms with van der Waals surface area (Å²) < 4.78 is 0. The molecule has 0 radical (unpaired) electrons. The van der Waals surface area contributed by atoms with Crippen molar-refractivity contribution in [2.75, 3.05) is 5.32 Å². The van der Waals surface area contributed by atoms with E-state index in [9.17, 15) is 4.79 Å². The molecule has 2 heterocycles. The van der Waals surface area contributed by atoms with Crippen molar-refractivity contribution in [1.29, 1.82) is 0 Å². The number of nitrogens with one attached hydrogen (secondary N) is 1. The van der Waals surface area contributed by atoms with Crippen LogP contribution in [0.2, 0.25) is 0 Å². The summed E-state index contributed by atoms with van der Waals surface area (Å²) in [6.07, 6.45) is 3.44. The number of nitrogens with zero attached hydrogens (tertiary/aromatic N) is 3. The molecule has 1 aromatic carbocycles. The molecule has 0 unspecified atom stereocenters. The lowest BCUT2D eigenvalue weighted by atomic mass is 10.2. The molecule has 6 nitrogen and oxygen atoms in total. The Morgan fingerprint density at radius 2 is 2.00 bits per heavy atom. The van der Waals surface area contributed by atoms with Gasteiger partial charge < -0.3 is 10.4 Å². The Balaban J connectivity index is 1.93. The van der Waals surface area contributed by atoms with Crippen molar-refractivity contribution < 1.29 is 9.90 Å². The Hall–Kier alpha value is -3.28. The first-order valence-corrected chi connectivity index (χ1v) is 6.98. The number of anilines is 2. The van der Waals surface area contributed by atoms with E-state index < -0.39 is 5.97 Å². The van der Waals surface area contributed by atoms with E-state index in [-0.39, 0.29) is 5.56 Å². The zero-order valence-electron chi connectivity index (χ0n) is 12.4. The van der Waals surface area contributed by atoms with Gasteiger partial charge in [0.15, 0.2) is 0 Å². The van der Waals surface area contributed by atoms with E-state index in [2.05, 4.69) is 20.3 Å². The molecule has 0 saturated heterocycles. The first-order valence-electron chi connectivity index (χ1n) is 6.98. The quantitative estimate of drug-likeness (QED) is 0.769. The van der Waals surface area contributed by atoms with Gasteiger partial charge in [0, 0.05) is 29.7 Å². The third-order valence-electron chi connectivity index (χ3n) is 3.18. The molecule has 3 aromatic rings. The third-order valence-corrected chi connectivity index (χ3v) is 3.18. The summed E-state index contributed by atoms with van der Waals surface area (Å²) in [4.78, 5) is 23.9. The highest BCUT2D eigenvalue weighted by Gasteiger charge is 2.07. The number of aromatic nitrogens is 3. The highest BCUT2D eigenvalue weighted by molar-refractivity contribution is 5.89. The summed E-state index contributed by atoms with van der Waals surface area (Å²) in [7, 11) is 0. The monoisotopic (exact) mass is 306 g/mol. The van der Waals surface area contributed by atoms with Gasteiger partial charge in [-0.15, -0.1) is 0 Å². The molecule has 0 aliphatic rings. The molecule has 0 aliphatic carbocycles. The lowest BCUT2D eigenvalue weighted by Gasteiger charge is -2.09. The molecule has 0 bridgehead atoms. The number of aryl methyl sites for hydroxylation is 1. The van der Waals surface area contributed by atoms with Crippen LogP contribution in [0.1, 0.15) is 16.2 Å². The van der Waals surface area contributed by atoms with Gasteiger partial charge >= 0.3 is 5.97 Å². The van der Waals surface area contributed by atoms with E-state index in [4.69, 9.17) is 5.11 Å². The Kier molecular flexibility index (Phi) is 3.97. The maximum Gasteiger partial charge on any atom is 0.335 e. The second-order valence-electron chi connectivity index (χ2n) is 4.94. The predicted octanol–water partition coefficient (Wildman–Crippen LogP) is 3.29. The second kappa shape index (κ2) is 6.23. The SMILES string of the molecule is Cc1nc(Nc2cccc(C(=O)O)c2)cc(-c2cccnc2)n1. The van der Waals surface area contributed by atoms with Gasteiger partial charge in [-0.1, -0.05) is 6.07 Å². The van der Waals surface area contributed by atoms with Gasteiger partial charge in [0.25, 0.3) is 0 Å². The molecule has 0 spiro atoms. The van der Waals surface area contributed by atoms with Crippen molar-refractivity contribution in [1.82, 2.24) is 15.0 Å². The standard InChI is InChI=1S/C17H14N4O2/c1-11-19-15(13-5-3-7-18-10-13)9-16(20-11)21-14-6-2-4-12(8-14)17(22)23/h2-10H,1H3,(H,22,23)(H,19,20,21). The van der Waals surface area contributed by atoms with E-state index in [0.29, 0.717) is 17.3 Å². The number of pyridine rings is 1. The Labute approximate surface area is 132 Å². The van der Waals surface area contributed by atoms with Gasteiger partial charge in [0.2, 0.25) is 0 Å². The first kappa shape index (κ1) is 14.6. The molecule has 0 fully saturated rings. The molecule has 2 N–H and O–H groups in total. The largest absolute Gasteiger partial charge is 0.478 e. The number of benzene rings is 1. The van der Waals surface area contributed by atoms with Crippen molar-refractivity contribution >= 4 is 17.5 Å². The number of hydrogen-bond acceptors (Lipinski definition) is 5. The van der Waals surface area contributed by atoms with Crippen LogP contribution >= 0.6 is 0 Å². The van der Waals surface area contributed by atoms with Crippen molar-refractivity contribution in [3.8, 4) is 11.3 Å². The van der Waals surface area contributed by atoms with Crippen molar-refractivity contribution in [2.45, 2.75) is 6.92 Å². The second-order valence-corrected chi connectivity index (χ2v) is 4.94. The van der Waals surface area contributed by atoms with E-state index in [1.54, 1.807) is 49.6 Å². The molecule has 2 aromatic heterocycles. The Bertz CT molecular complexity index is 850. The number of rotatable bonds is 4. The minimum absolute atomic E-state index is 0.216. The van der Waals surface area contributed by atoms with Crippen LogP contribution in [0.3, 0.4) is 0 Å².